The summed E-state index contributed by atoms with van der Waals surface area (Å²) in [6.45, 7) is 0.935. The third-order valence-corrected chi connectivity index (χ3v) is 3.05. The van der Waals surface area contributed by atoms with Gasteiger partial charge in [-0.05, 0) is 25.0 Å². The van der Waals surface area contributed by atoms with Crippen LogP contribution in [0.2, 0.25) is 0 Å². The van der Waals surface area contributed by atoms with Gasteiger partial charge in [-0.2, -0.15) is 0 Å². The van der Waals surface area contributed by atoms with Crippen LogP contribution in [-0.2, 0) is 4.79 Å². The molecule has 0 atom stereocenters. The van der Waals surface area contributed by atoms with Gasteiger partial charge in [-0.15, -0.1) is 0 Å². The minimum Gasteiger partial charge on any atom is -0.495 e. The molecule has 0 bridgehead atoms. The Morgan fingerprint density at radius 3 is 2.74 bits per heavy atom. The fourth-order valence-corrected chi connectivity index (χ4v) is 1.95. The minimum atomic E-state index is -0.0990. The summed E-state index contributed by atoms with van der Waals surface area (Å²) in [5, 5.41) is 0. The molecule has 0 spiro atoms. The minimum absolute atomic E-state index is 0.0990. The molecule has 1 amide bonds. The predicted octanol–water partition coefficient (Wildman–Crippen LogP) is 1.68. The summed E-state index contributed by atoms with van der Waals surface area (Å²) in [5.41, 5.74) is 3.23. The highest BCUT2D eigenvalue weighted by Gasteiger charge is 2.06. The third-order valence-electron chi connectivity index (χ3n) is 3.05. The van der Waals surface area contributed by atoms with Gasteiger partial charge in [0, 0.05) is 20.0 Å². The molecule has 0 aliphatic heterocycles. The van der Waals surface area contributed by atoms with Crippen LogP contribution >= 0.6 is 0 Å². The predicted molar refractivity (Wildman–Crippen MR) is 77.1 cm³/mol. The highest BCUT2D eigenvalue weighted by Crippen LogP contribution is 2.26. The van der Waals surface area contributed by atoms with Gasteiger partial charge in [0.25, 0.3) is 0 Å². The number of amides is 1. The van der Waals surface area contributed by atoms with Crippen LogP contribution in [0.1, 0.15) is 25.7 Å². The van der Waals surface area contributed by atoms with E-state index >= 15 is 0 Å². The Labute approximate surface area is 114 Å². The van der Waals surface area contributed by atoms with Gasteiger partial charge < -0.3 is 9.64 Å². The Kier molecular flexibility index (Phi) is 6.74. The normalized spacial score (nSPS) is 10.1. The van der Waals surface area contributed by atoms with Crippen LogP contribution < -0.4 is 20.9 Å². The number of benzene rings is 1. The SMILES string of the molecule is COc1ccccc1N(C)CCCCCC(=O)NN. The van der Waals surface area contributed by atoms with Crippen molar-refractivity contribution in [2.75, 3.05) is 25.6 Å². The largest absolute Gasteiger partial charge is 0.495 e. The maximum Gasteiger partial charge on any atom is 0.233 e. The molecular formula is C14H23N3O2. The fraction of sp³-hybridized carbons (Fsp3) is 0.500. The number of carbonyl (C=O) groups is 1. The number of nitrogens with zero attached hydrogens (tertiary/aromatic N) is 1. The molecule has 1 rings (SSSR count). The van der Waals surface area contributed by atoms with Crippen molar-refractivity contribution in [1.29, 1.82) is 0 Å². The molecule has 5 nitrogen and oxygen atoms in total. The van der Waals surface area contributed by atoms with E-state index in [2.05, 4.69) is 10.3 Å². The average Bonchev–Trinajstić information content (AvgIpc) is 2.46. The smallest absolute Gasteiger partial charge is 0.233 e. The van der Waals surface area contributed by atoms with Gasteiger partial charge in [0.15, 0.2) is 0 Å². The van der Waals surface area contributed by atoms with Crippen molar-refractivity contribution in [2.24, 2.45) is 5.84 Å². The number of hydrogen-bond donors (Lipinski definition) is 2. The molecule has 0 aliphatic rings. The van der Waals surface area contributed by atoms with Gasteiger partial charge in [0.2, 0.25) is 5.91 Å². The van der Waals surface area contributed by atoms with Gasteiger partial charge >= 0.3 is 0 Å². The number of anilines is 1. The van der Waals surface area contributed by atoms with E-state index in [0.717, 1.165) is 37.2 Å². The first-order chi connectivity index (χ1) is 9.19. The summed E-state index contributed by atoms with van der Waals surface area (Å²) in [6.07, 6.45) is 3.40. The molecule has 19 heavy (non-hydrogen) atoms. The summed E-state index contributed by atoms with van der Waals surface area (Å²) in [5.74, 6) is 5.80. The Morgan fingerprint density at radius 2 is 2.05 bits per heavy atom. The molecule has 0 aromatic heterocycles. The van der Waals surface area contributed by atoms with Gasteiger partial charge in [0.1, 0.15) is 5.75 Å². The Hall–Kier alpha value is -1.75. The molecule has 0 fully saturated rings. The Morgan fingerprint density at radius 1 is 1.32 bits per heavy atom. The first kappa shape index (κ1) is 15.3. The molecular weight excluding hydrogens is 242 g/mol. The van der Waals surface area contributed by atoms with E-state index in [0.29, 0.717) is 6.42 Å². The van der Waals surface area contributed by atoms with Crippen LogP contribution in [0.25, 0.3) is 0 Å². The fourth-order valence-electron chi connectivity index (χ4n) is 1.95. The number of nitrogens with one attached hydrogen (secondary N) is 1. The van der Waals surface area contributed by atoms with Crippen LogP contribution in [0, 0.1) is 0 Å². The van der Waals surface area contributed by atoms with E-state index in [4.69, 9.17) is 10.6 Å². The summed E-state index contributed by atoms with van der Waals surface area (Å²) in [6, 6.07) is 7.96. The van der Waals surface area contributed by atoms with Crippen molar-refractivity contribution in [3.63, 3.8) is 0 Å². The van der Waals surface area contributed by atoms with E-state index in [9.17, 15) is 4.79 Å². The number of unbranched alkanes of at least 4 members (excludes halogenated alkanes) is 2. The molecule has 0 unspecified atom stereocenters. The standard InChI is InChI=1S/C14H23N3O2/c1-17(11-7-3-4-10-14(18)16-15)12-8-5-6-9-13(12)19-2/h5-6,8-9H,3-4,7,10-11,15H2,1-2H3,(H,16,18). The van der Waals surface area contributed by atoms with Gasteiger partial charge in [0.05, 0.1) is 12.8 Å². The molecule has 106 valence electrons. The van der Waals surface area contributed by atoms with Gasteiger partial charge in [-0.25, -0.2) is 5.84 Å². The molecule has 0 saturated carbocycles. The Bertz CT molecular complexity index is 396. The molecule has 0 heterocycles. The van der Waals surface area contributed by atoms with Crippen molar-refractivity contribution in [3.05, 3.63) is 24.3 Å². The van der Waals surface area contributed by atoms with E-state index in [1.807, 2.05) is 31.3 Å². The molecule has 1 aromatic rings. The molecule has 0 saturated heterocycles. The maximum absolute atomic E-state index is 11.0. The zero-order chi connectivity index (χ0) is 14.1. The first-order valence-corrected chi connectivity index (χ1v) is 6.52. The summed E-state index contributed by atoms with van der Waals surface area (Å²) in [4.78, 5) is 13.1. The number of para-hydroxylation sites is 2. The van der Waals surface area contributed by atoms with E-state index < -0.39 is 0 Å². The summed E-state index contributed by atoms with van der Waals surface area (Å²) >= 11 is 0. The zero-order valence-electron chi connectivity index (χ0n) is 11.7. The monoisotopic (exact) mass is 265 g/mol. The lowest BCUT2D eigenvalue weighted by atomic mass is 10.1. The van der Waals surface area contributed by atoms with Crippen molar-refractivity contribution < 1.29 is 9.53 Å². The topological polar surface area (TPSA) is 67.6 Å². The molecule has 0 radical (unpaired) electrons. The van der Waals surface area contributed by atoms with E-state index in [1.54, 1.807) is 7.11 Å². The lowest BCUT2D eigenvalue weighted by Crippen LogP contribution is -2.29. The summed E-state index contributed by atoms with van der Waals surface area (Å²) in [7, 11) is 3.72. The van der Waals surface area contributed by atoms with Gasteiger partial charge in [-0.1, -0.05) is 18.6 Å². The number of ether oxygens (including phenoxy) is 1. The van der Waals surface area contributed by atoms with Crippen LogP contribution in [0.15, 0.2) is 24.3 Å². The highest BCUT2D eigenvalue weighted by atomic mass is 16.5. The van der Waals surface area contributed by atoms with Crippen molar-refractivity contribution in [1.82, 2.24) is 5.43 Å². The second-order valence-electron chi connectivity index (χ2n) is 4.47. The van der Waals surface area contributed by atoms with Crippen molar-refractivity contribution >= 4 is 11.6 Å². The molecule has 3 N–H and O–H groups in total. The Balaban J connectivity index is 2.31. The number of methoxy groups -OCH3 is 1. The number of hydrogen-bond acceptors (Lipinski definition) is 4. The van der Waals surface area contributed by atoms with Crippen LogP contribution in [0.4, 0.5) is 5.69 Å². The number of nitrogens with two attached hydrogens (primary N) is 1. The second-order valence-corrected chi connectivity index (χ2v) is 4.47. The second kappa shape index (κ2) is 8.37. The van der Waals surface area contributed by atoms with E-state index in [1.165, 1.54) is 0 Å². The zero-order valence-corrected chi connectivity index (χ0v) is 11.7. The first-order valence-electron chi connectivity index (χ1n) is 6.52. The summed E-state index contributed by atoms with van der Waals surface area (Å²) < 4.78 is 5.33. The third kappa shape index (κ3) is 5.18. The van der Waals surface area contributed by atoms with Crippen LogP contribution in [0.5, 0.6) is 5.75 Å². The average molecular weight is 265 g/mol. The molecule has 1 aromatic carbocycles. The lowest BCUT2D eigenvalue weighted by molar-refractivity contribution is -0.121. The number of hydrazine groups is 1. The number of rotatable bonds is 8. The molecule has 0 aliphatic carbocycles. The van der Waals surface area contributed by atoms with Crippen molar-refractivity contribution in [3.8, 4) is 5.75 Å². The quantitative estimate of drug-likeness (QED) is 0.325. The number of carbonyl (C=O) groups excluding carboxylic acids is 1. The highest BCUT2D eigenvalue weighted by molar-refractivity contribution is 5.75. The van der Waals surface area contributed by atoms with Crippen LogP contribution in [-0.4, -0.2) is 26.6 Å². The molecule has 5 heteroatoms. The lowest BCUT2D eigenvalue weighted by Gasteiger charge is -2.21. The van der Waals surface area contributed by atoms with Crippen molar-refractivity contribution in [2.45, 2.75) is 25.7 Å². The maximum atomic E-state index is 11.0. The van der Waals surface area contributed by atoms with Gasteiger partial charge in [-0.3, -0.25) is 10.2 Å². The van der Waals surface area contributed by atoms with Crippen LogP contribution in [0.3, 0.4) is 0 Å². The van der Waals surface area contributed by atoms with E-state index in [-0.39, 0.29) is 5.91 Å².